The minimum atomic E-state index is -1.56. The third-order valence-electron chi connectivity index (χ3n) is 0.828. The standard InChI is InChI=1S/C5H6O4/c1-3(2-6)4(7)5(8)9/h2-3H,1H3,(H,8,9). The predicted octanol–water partition coefficient (Wildman–Crippen LogP) is -0.525. The largest absolute Gasteiger partial charge is 0.475 e. The maximum absolute atomic E-state index is 10.2. The third kappa shape index (κ3) is 2.03. The topological polar surface area (TPSA) is 71.4 Å². The number of Topliss-reactive ketones (excluding diaryl/α,β-unsaturated/α-hetero) is 1. The van der Waals surface area contributed by atoms with Gasteiger partial charge in [0.2, 0.25) is 5.78 Å². The molecule has 0 aliphatic heterocycles. The second-order valence-electron chi connectivity index (χ2n) is 1.59. The average Bonchev–Trinajstić information content (AvgIpc) is 1.84. The molecule has 0 aliphatic carbocycles. The SMILES string of the molecule is CC(C=O)C(=O)C(=O)O. The molecule has 0 spiro atoms. The quantitative estimate of drug-likeness (QED) is 0.317. The second-order valence-corrected chi connectivity index (χ2v) is 1.59. The van der Waals surface area contributed by atoms with Crippen molar-refractivity contribution in [2.24, 2.45) is 5.92 Å². The van der Waals surface area contributed by atoms with Crippen LogP contribution in [0.1, 0.15) is 6.92 Å². The summed E-state index contributed by atoms with van der Waals surface area (Å²) >= 11 is 0. The number of carbonyl (C=O) groups excluding carboxylic acids is 2. The molecular formula is C5H6O4. The minimum Gasteiger partial charge on any atom is -0.475 e. The lowest BCUT2D eigenvalue weighted by Crippen LogP contribution is -2.21. The van der Waals surface area contributed by atoms with Crippen LogP contribution in [0.5, 0.6) is 0 Å². The molecular weight excluding hydrogens is 124 g/mol. The van der Waals surface area contributed by atoms with Crippen molar-refractivity contribution >= 4 is 18.0 Å². The first-order valence-electron chi connectivity index (χ1n) is 2.32. The Bertz CT molecular complexity index is 149. The van der Waals surface area contributed by atoms with Gasteiger partial charge in [-0.1, -0.05) is 0 Å². The van der Waals surface area contributed by atoms with Crippen LogP contribution in [0.2, 0.25) is 0 Å². The van der Waals surface area contributed by atoms with E-state index in [0.29, 0.717) is 6.29 Å². The number of carboxylic acid groups (broad SMARTS) is 1. The van der Waals surface area contributed by atoms with Gasteiger partial charge in [-0.3, -0.25) is 4.79 Å². The van der Waals surface area contributed by atoms with Gasteiger partial charge in [0.1, 0.15) is 6.29 Å². The van der Waals surface area contributed by atoms with E-state index >= 15 is 0 Å². The summed E-state index contributed by atoms with van der Waals surface area (Å²) in [6.07, 6.45) is 0.302. The normalized spacial score (nSPS) is 12.1. The van der Waals surface area contributed by atoms with Gasteiger partial charge in [-0.25, -0.2) is 4.79 Å². The van der Waals surface area contributed by atoms with Crippen molar-refractivity contribution in [2.75, 3.05) is 0 Å². The molecule has 0 saturated heterocycles. The monoisotopic (exact) mass is 130 g/mol. The van der Waals surface area contributed by atoms with E-state index in [1.165, 1.54) is 6.92 Å². The molecule has 1 unspecified atom stereocenters. The van der Waals surface area contributed by atoms with E-state index in [1.54, 1.807) is 0 Å². The molecule has 0 radical (unpaired) electrons. The third-order valence-corrected chi connectivity index (χ3v) is 0.828. The predicted molar refractivity (Wildman–Crippen MR) is 27.9 cm³/mol. The van der Waals surface area contributed by atoms with Crippen LogP contribution in [0.3, 0.4) is 0 Å². The first kappa shape index (κ1) is 7.81. The van der Waals surface area contributed by atoms with Crippen molar-refractivity contribution in [1.82, 2.24) is 0 Å². The van der Waals surface area contributed by atoms with Crippen molar-refractivity contribution in [3.05, 3.63) is 0 Å². The Kier molecular flexibility index (Phi) is 2.57. The second kappa shape index (κ2) is 2.96. The van der Waals surface area contributed by atoms with E-state index in [1.807, 2.05) is 0 Å². The highest BCUT2D eigenvalue weighted by Crippen LogP contribution is 1.90. The summed E-state index contributed by atoms with van der Waals surface area (Å²) in [5.74, 6) is -3.65. The summed E-state index contributed by atoms with van der Waals surface area (Å²) in [5.41, 5.74) is 0. The molecule has 0 aromatic carbocycles. The van der Waals surface area contributed by atoms with Gasteiger partial charge >= 0.3 is 5.97 Å². The maximum atomic E-state index is 10.2. The van der Waals surface area contributed by atoms with Crippen molar-refractivity contribution < 1.29 is 19.5 Å². The zero-order chi connectivity index (χ0) is 7.44. The van der Waals surface area contributed by atoms with Crippen LogP contribution in [0.15, 0.2) is 0 Å². The molecule has 0 aromatic heterocycles. The van der Waals surface area contributed by atoms with Crippen LogP contribution in [0.25, 0.3) is 0 Å². The average molecular weight is 130 g/mol. The summed E-state index contributed by atoms with van der Waals surface area (Å²) < 4.78 is 0. The van der Waals surface area contributed by atoms with E-state index in [9.17, 15) is 14.4 Å². The van der Waals surface area contributed by atoms with Gasteiger partial charge in [0.15, 0.2) is 0 Å². The molecule has 0 amide bonds. The lowest BCUT2D eigenvalue weighted by molar-refractivity contribution is -0.151. The van der Waals surface area contributed by atoms with Crippen molar-refractivity contribution in [1.29, 1.82) is 0 Å². The molecule has 4 nitrogen and oxygen atoms in total. The highest BCUT2D eigenvalue weighted by Gasteiger charge is 2.18. The zero-order valence-electron chi connectivity index (χ0n) is 4.83. The van der Waals surface area contributed by atoms with Gasteiger partial charge < -0.3 is 9.90 Å². The molecule has 0 bridgehead atoms. The fraction of sp³-hybridized carbons (Fsp3) is 0.400. The van der Waals surface area contributed by atoms with Gasteiger partial charge in [-0.2, -0.15) is 0 Å². The molecule has 0 aromatic rings. The molecule has 0 heterocycles. The summed E-state index contributed by atoms with van der Waals surface area (Å²) in [6, 6.07) is 0. The number of ketones is 1. The highest BCUT2D eigenvalue weighted by atomic mass is 16.4. The molecule has 0 aliphatic rings. The van der Waals surface area contributed by atoms with Crippen LogP contribution in [-0.2, 0) is 14.4 Å². The number of hydrogen-bond acceptors (Lipinski definition) is 3. The smallest absolute Gasteiger partial charge is 0.372 e. The highest BCUT2D eigenvalue weighted by molar-refractivity contribution is 6.36. The molecule has 0 fully saturated rings. The van der Waals surface area contributed by atoms with E-state index < -0.39 is 17.7 Å². The lowest BCUT2D eigenvalue weighted by atomic mass is 10.1. The molecule has 0 saturated carbocycles. The van der Waals surface area contributed by atoms with Gasteiger partial charge in [-0.15, -0.1) is 0 Å². The molecule has 4 heteroatoms. The fourth-order valence-corrected chi connectivity index (χ4v) is 0.257. The molecule has 1 N–H and O–H groups in total. The number of hydrogen-bond donors (Lipinski definition) is 1. The van der Waals surface area contributed by atoms with Gasteiger partial charge in [0.25, 0.3) is 0 Å². The number of carbonyl (C=O) groups is 3. The van der Waals surface area contributed by atoms with Gasteiger partial charge in [-0.05, 0) is 6.92 Å². The minimum absolute atomic E-state index is 0.302. The van der Waals surface area contributed by atoms with Gasteiger partial charge in [0.05, 0.1) is 5.92 Å². The summed E-state index contributed by atoms with van der Waals surface area (Å²) in [7, 11) is 0. The summed E-state index contributed by atoms with van der Waals surface area (Å²) in [5, 5.41) is 7.98. The van der Waals surface area contributed by atoms with Crippen LogP contribution < -0.4 is 0 Å². The first-order valence-corrected chi connectivity index (χ1v) is 2.32. The van der Waals surface area contributed by atoms with Gasteiger partial charge in [0, 0.05) is 0 Å². The van der Waals surface area contributed by atoms with Crippen LogP contribution in [0.4, 0.5) is 0 Å². The van der Waals surface area contributed by atoms with E-state index in [-0.39, 0.29) is 0 Å². The first-order chi connectivity index (χ1) is 4.09. The number of aliphatic carboxylic acids is 1. The van der Waals surface area contributed by atoms with Crippen LogP contribution in [-0.4, -0.2) is 23.1 Å². The van der Waals surface area contributed by atoms with Crippen molar-refractivity contribution in [2.45, 2.75) is 6.92 Å². The molecule has 0 rings (SSSR count). The number of aldehydes is 1. The Hall–Kier alpha value is -1.19. The van der Waals surface area contributed by atoms with E-state index in [4.69, 9.17) is 5.11 Å². The van der Waals surface area contributed by atoms with Crippen LogP contribution >= 0.6 is 0 Å². The number of carboxylic acids is 1. The van der Waals surface area contributed by atoms with Crippen molar-refractivity contribution in [3.63, 3.8) is 0 Å². The lowest BCUT2D eigenvalue weighted by Gasteiger charge is -1.92. The van der Waals surface area contributed by atoms with Crippen LogP contribution in [0, 0.1) is 5.92 Å². The maximum Gasteiger partial charge on any atom is 0.372 e. The Morgan fingerprint density at radius 3 is 2.11 bits per heavy atom. The molecule has 1 atom stereocenters. The van der Waals surface area contributed by atoms with Crippen molar-refractivity contribution in [3.8, 4) is 0 Å². The Labute approximate surface area is 51.5 Å². The number of rotatable bonds is 3. The summed E-state index contributed by atoms with van der Waals surface area (Å²) in [6.45, 7) is 1.24. The Morgan fingerprint density at radius 1 is 1.56 bits per heavy atom. The zero-order valence-corrected chi connectivity index (χ0v) is 4.83. The molecule has 9 heavy (non-hydrogen) atoms. The van der Waals surface area contributed by atoms with E-state index in [0.717, 1.165) is 0 Å². The molecule has 50 valence electrons. The van der Waals surface area contributed by atoms with E-state index in [2.05, 4.69) is 0 Å². The Morgan fingerprint density at radius 2 is 2.00 bits per heavy atom. The fourth-order valence-electron chi connectivity index (χ4n) is 0.257. The summed E-state index contributed by atoms with van der Waals surface area (Å²) in [4.78, 5) is 29.8. The Balaban J connectivity index is 4.03.